The lowest BCUT2D eigenvalue weighted by molar-refractivity contribution is -0.133. The van der Waals surface area contributed by atoms with E-state index >= 15 is 0 Å². The van der Waals surface area contributed by atoms with Gasteiger partial charge in [0.1, 0.15) is 5.78 Å². The van der Waals surface area contributed by atoms with E-state index in [1.165, 1.54) is 64.2 Å². The van der Waals surface area contributed by atoms with Gasteiger partial charge in [0.15, 0.2) is 0 Å². The Labute approximate surface area is 136 Å². The first-order valence-corrected chi connectivity index (χ1v) is 9.97. The highest BCUT2D eigenvalue weighted by Crippen LogP contribution is 2.67. The molecule has 0 aromatic rings. The van der Waals surface area contributed by atoms with Crippen molar-refractivity contribution in [2.24, 2.45) is 40.4 Å². The van der Waals surface area contributed by atoms with Crippen LogP contribution < -0.4 is 0 Å². The zero-order valence-corrected chi connectivity index (χ0v) is 14.9. The first-order valence-electron chi connectivity index (χ1n) is 9.97. The Kier molecular flexibility index (Phi) is 3.51. The Hall–Kier alpha value is -0.330. The van der Waals surface area contributed by atoms with Crippen LogP contribution in [0.2, 0.25) is 0 Å². The average molecular weight is 303 g/mol. The molecule has 1 heteroatoms. The molecule has 1 nitrogen and oxygen atoms in total. The summed E-state index contributed by atoms with van der Waals surface area (Å²) in [6.07, 6.45) is 14.1. The third kappa shape index (κ3) is 1.93. The molecule has 124 valence electrons. The fourth-order valence-corrected chi connectivity index (χ4v) is 7.96. The number of carbonyl (C=O) groups excluding carboxylic acids is 1. The average Bonchev–Trinajstić information content (AvgIpc) is 2.84. The molecule has 0 N–H and O–H groups in total. The highest BCUT2D eigenvalue weighted by atomic mass is 16.1. The molecule has 0 heterocycles. The van der Waals surface area contributed by atoms with Gasteiger partial charge in [-0.2, -0.15) is 0 Å². The summed E-state index contributed by atoms with van der Waals surface area (Å²) in [7, 11) is 0. The van der Waals surface area contributed by atoms with Crippen LogP contribution in [-0.4, -0.2) is 5.78 Å². The Bertz CT molecular complexity index is 469. The van der Waals surface area contributed by atoms with Crippen molar-refractivity contribution in [1.82, 2.24) is 0 Å². The third-order valence-electron chi connectivity index (χ3n) is 9.07. The second kappa shape index (κ2) is 5.08. The minimum absolute atomic E-state index is 0.338. The number of carbonyl (C=O) groups is 1. The monoisotopic (exact) mass is 302 g/mol. The molecule has 0 aromatic carbocycles. The van der Waals surface area contributed by atoms with E-state index in [0.29, 0.717) is 22.5 Å². The molecule has 4 fully saturated rings. The number of fused-ring (bicyclic) bond motifs is 5. The van der Waals surface area contributed by atoms with Crippen molar-refractivity contribution in [1.29, 1.82) is 0 Å². The summed E-state index contributed by atoms with van der Waals surface area (Å²) < 4.78 is 0. The van der Waals surface area contributed by atoms with E-state index in [-0.39, 0.29) is 0 Å². The summed E-state index contributed by atoms with van der Waals surface area (Å²) in [5.74, 6) is 4.60. The zero-order valence-electron chi connectivity index (χ0n) is 14.9. The SMILES string of the molecule is CC(=O)[C@@H]1CC[C@@H]2[C@H]3CC[C@@H]4CCCC[C@@]4(C)[C@@H]3CC[C@]21C. The minimum Gasteiger partial charge on any atom is -0.300 e. The fraction of sp³-hybridized carbons (Fsp3) is 0.952. The van der Waals surface area contributed by atoms with Crippen molar-refractivity contribution in [2.45, 2.75) is 85.0 Å². The molecule has 4 rings (SSSR count). The number of Topliss-reactive ketones (excluding diaryl/α,β-unsaturated/α-hetero) is 1. The van der Waals surface area contributed by atoms with Crippen LogP contribution in [0.25, 0.3) is 0 Å². The lowest BCUT2D eigenvalue weighted by Gasteiger charge is -2.60. The van der Waals surface area contributed by atoms with E-state index in [0.717, 1.165) is 23.7 Å². The van der Waals surface area contributed by atoms with Gasteiger partial charge >= 0.3 is 0 Å². The van der Waals surface area contributed by atoms with Gasteiger partial charge in [0, 0.05) is 5.92 Å². The Morgan fingerprint density at radius 2 is 1.59 bits per heavy atom. The van der Waals surface area contributed by atoms with Crippen LogP contribution in [0, 0.1) is 40.4 Å². The maximum absolute atomic E-state index is 12.2. The van der Waals surface area contributed by atoms with Crippen molar-refractivity contribution >= 4 is 5.78 Å². The second-order valence-electron chi connectivity index (χ2n) is 9.69. The topological polar surface area (TPSA) is 17.1 Å². The molecule has 4 aliphatic rings. The summed E-state index contributed by atoms with van der Waals surface area (Å²) in [6, 6.07) is 0. The van der Waals surface area contributed by atoms with Crippen LogP contribution in [0.4, 0.5) is 0 Å². The van der Waals surface area contributed by atoms with Crippen LogP contribution in [0.3, 0.4) is 0 Å². The summed E-state index contributed by atoms with van der Waals surface area (Å²) >= 11 is 0. The van der Waals surface area contributed by atoms with E-state index in [4.69, 9.17) is 0 Å². The quantitative estimate of drug-likeness (QED) is 0.614. The Morgan fingerprint density at radius 1 is 0.818 bits per heavy atom. The van der Waals surface area contributed by atoms with Crippen LogP contribution in [0.1, 0.15) is 85.0 Å². The summed E-state index contributed by atoms with van der Waals surface area (Å²) in [5.41, 5.74) is 0.974. The predicted octanol–water partition coefficient (Wildman–Crippen LogP) is 5.62. The normalized spacial score (nSPS) is 54.2. The van der Waals surface area contributed by atoms with E-state index < -0.39 is 0 Å². The third-order valence-corrected chi connectivity index (χ3v) is 9.07. The molecule has 4 saturated carbocycles. The van der Waals surface area contributed by atoms with E-state index in [1.54, 1.807) is 0 Å². The number of rotatable bonds is 1. The molecular formula is C21H34O. The first kappa shape index (κ1) is 15.2. The van der Waals surface area contributed by atoms with Gasteiger partial charge in [0.25, 0.3) is 0 Å². The van der Waals surface area contributed by atoms with Crippen molar-refractivity contribution in [2.75, 3.05) is 0 Å². The van der Waals surface area contributed by atoms with Crippen molar-refractivity contribution in [3.8, 4) is 0 Å². The van der Waals surface area contributed by atoms with Crippen LogP contribution in [0.15, 0.2) is 0 Å². The first-order chi connectivity index (χ1) is 10.5. The predicted molar refractivity (Wildman–Crippen MR) is 90.5 cm³/mol. The van der Waals surface area contributed by atoms with Gasteiger partial charge in [0.2, 0.25) is 0 Å². The van der Waals surface area contributed by atoms with Gasteiger partial charge < -0.3 is 0 Å². The van der Waals surface area contributed by atoms with E-state index in [2.05, 4.69) is 13.8 Å². The van der Waals surface area contributed by atoms with Crippen LogP contribution >= 0.6 is 0 Å². The second-order valence-corrected chi connectivity index (χ2v) is 9.69. The molecular weight excluding hydrogens is 268 g/mol. The van der Waals surface area contributed by atoms with Gasteiger partial charge in [-0.3, -0.25) is 4.79 Å². The zero-order chi connectivity index (χ0) is 15.5. The molecule has 0 radical (unpaired) electrons. The fourth-order valence-electron chi connectivity index (χ4n) is 7.96. The number of hydrogen-bond donors (Lipinski definition) is 0. The van der Waals surface area contributed by atoms with E-state index in [1.807, 2.05) is 6.92 Å². The van der Waals surface area contributed by atoms with Gasteiger partial charge in [0.05, 0.1) is 0 Å². The summed E-state index contributed by atoms with van der Waals surface area (Å²) in [4.78, 5) is 12.2. The number of ketones is 1. The molecule has 0 unspecified atom stereocenters. The molecule has 4 aliphatic carbocycles. The maximum Gasteiger partial charge on any atom is 0.133 e. The van der Waals surface area contributed by atoms with Gasteiger partial charge in [-0.05, 0) is 92.8 Å². The molecule has 22 heavy (non-hydrogen) atoms. The molecule has 7 atom stereocenters. The lowest BCUT2D eigenvalue weighted by atomic mass is 9.45. The smallest absolute Gasteiger partial charge is 0.133 e. The minimum atomic E-state index is 0.338. The largest absolute Gasteiger partial charge is 0.300 e. The molecule has 0 bridgehead atoms. The molecule has 0 aromatic heterocycles. The number of hydrogen-bond acceptors (Lipinski definition) is 1. The van der Waals surface area contributed by atoms with Crippen molar-refractivity contribution in [3.05, 3.63) is 0 Å². The summed E-state index contributed by atoms with van der Waals surface area (Å²) in [6.45, 7) is 6.97. The van der Waals surface area contributed by atoms with Crippen LogP contribution in [-0.2, 0) is 4.79 Å². The standard InChI is InChI=1S/C21H34O/c1-14(22)17-9-10-18-16-8-7-15-6-4-5-12-20(15,2)19(16)11-13-21(17,18)3/h15-19H,4-13H2,1-3H3/t15-,16+,17-,18+,19+,20+,21-/m0/s1. The van der Waals surface area contributed by atoms with Gasteiger partial charge in [-0.25, -0.2) is 0 Å². The van der Waals surface area contributed by atoms with Gasteiger partial charge in [-0.1, -0.05) is 26.7 Å². The maximum atomic E-state index is 12.2. The van der Waals surface area contributed by atoms with Crippen molar-refractivity contribution < 1.29 is 4.79 Å². The Balaban J connectivity index is 1.63. The van der Waals surface area contributed by atoms with E-state index in [9.17, 15) is 4.79 Å². The lowest BCUT2D eigenvalue weighted by Crippen LogP contribution is -2.53. The Morgan fingerprint density at radius 3 is 2.36 bits per heavy atom. The molecule has 0 aliphatic heterocycles. The summed E-state index contributed by atoms with van der Waals surface area (Å²) in [5, 5.41) is 0. The highest BCUT2D eigenvalue weighted by Gasteiger charge is 2.60. The highest BCUT2D eigenvalue weighted by molar-refractivity contribution is 5.79. The van der Waals surface area contributed by atoms with Crippen molar-refractivity contribution in [3.63, 3.8) is 0 Å². The van der Waals surface area contributed by atoms with Gasteiger partial charge in [-0.15, -0.1) is 0 Å². The molecule has 0 saturated heterocycles. The molecule has 0 spiro atoms. The van der Waals surface area contributed by atoms with Crippen LogP contribution in [0.5, 0.6) is 0 Å². The molecule has 0 amide bonds.